The topological polar surface area (TPSA) is 62.5 Å². The van der Waals surface area contributed by atoms with Crippen LogP contribution in [0.1, 0.15) is 30.3 Å². The summed E-state index contributed by atoms with van der Waals surface area (Å²) < 4.78 is 0. The van der Waals surface area contributed by atoms with Crippen LogP contribution >= 0.6 is 11.3 Å². The van der Waals surface area contributed by atoms with Crippen LogP contribution in [0.15, 0.2) is 18.6 Å². The van der Waals surface area contributed by atoms with E-state index in [0.29, 0.717) is 12.3 Å². The first-order valence-electron chi connectivity index (χ1n) is 5.35. The second kappa shape index (κ2) is 5.02. The molecule has 0 radical (unpaired) electrons. The Morgan fingerprint density at radius 2 is 2.24 bits per heavy atom. The summed E-state index contributed by atoms with van der Waals surface area (Å²) in [6, 6.07) is 2.18. The molecule has 2 rings (SSSR count). The first kappa shape index (κ1) is 11.7. The van der Waals surface area contributed by atoms with E-state index in [2.05, 4.69) is 34.9 Å². The number of rotatable bonds is 3. The second-order valence-electron chi connectivity index (χ2n) is 3.91. The molecule has 0 fully saturated rings. The third-order valence-electron chi connectivity index (χ3n) is 2.30. The summed E-state index contributed by atoms with van der Waals surface area (Å²) in [5.74, 6) is 0.319. The first-order chi connectivity index (χ1) is 8.22. The van der Waals surface area contributed by atoms with E-state index >= 15 is 0 Å². The van der Waals surface area contributed by atoms with Gasteiger partial charge in [-0.3, -0.25) is 9.97 Å². The van der Waals surface area contributed by atoms with Crippen molar-refractivity contribution in [3.05, 3.63) is 29.2 Å². The minimum Gasteiger partial charge on any atom is -0.261 e. The standard InChI is InChI=1S/C12H12N4S/c1-8(2)11-10(3-4-13)17-12(16-11)9-7-14-5-6-15-9/h5-8H,3H2,1-2H3. The van der Waals surface area contributed by atoms with Gasteiger partial charge in [0.2, 0.25) is 0 Å². The molecular weight excluding hydrogens is 232 g/mol. The number of nitriles is 1. The zero-order chi connectivity index (χ0) is 12.3. The molecule has 0 aromatic carbocycles. The van der Waals surface area contributed by atoms with Gasteiger partial charge >= 0.3 is 0 Å². The fourth-order valence-corrected chi connectivity index (χ4v) is 2.64. The second-order valence-corrected chi connectivity index (χ2v) is 4.99. The lowest BCUT2D eigenvalue weighted by molar-refractivity contribution is 0.821. The molecule has 17 heavy (non-hydrogen) atoms. The van der Waals surface area contributed by atoms with E-state index in [1.54, 1.807) is 18.6 Å². The monoisotopic (exact) mass is 244 g/mol. The fourth-order valence-electron chi connectivity index (χ4n) is 1.53. The number of thiazole rings is 1. The molecule has 0 atom stereocenters. The van der Waals surface area contributed by atoms with Gasteiger partial charge in [-0.1, -0.05) is 13.8 Å². The molecule has 2 aromatic rings. The average Bonchev–Trinajstić information content (AvgIpc) is 2.75. The van der Waals surface area contributed by atoms with E-state index in [9.17, 15) is 0 Å². The minimum atomic E-state index is 0.319. The zero-order valence-electron chi connectivity index (χ0n) is 9.71. The average molecular weight is 244 g/mol. The Bertz CT molecular complexity index is 539. The van der Waals surface area contributed by atoms with E-state index < -0.39 is 0 Å². The summed E-state index contributed by atoms with van der Waals surface area (Å²) in [4.78, 5) is 13.8. The van der Waals surface area contributed by atoms with Gasteiger partial charge in [0.25, 0.3) is 0 Å². The van der Waals surface area contributed by atoms with Gasteiger partial charge in [0.15, 0.2) is 0 Å². The molecule has 4 nitrogen and oxygen atoms in total. The predicted molar refractivity (Wildman–Crippen MR) is 66.5 cm³/mol. The largest absolute Gasteiger partial charge is 0.261 e. The molecule has 86 valence electrons. The predicted octanol–water partition coefficient (Wildman–Crippen LogP) is 2.79. The van der Waals surface area contributed by atoms with Crippen LogP contribution in [0.25, 0.3) is 10.7 Å². The van der Waals surface area contributed by atoms with Crippen LogP contribution in [0.5, 0.6) is 0 Å². The van der Waals surface area contributed by atoms with Crippen molar-refractivity contribution in [2.24, 2.45) is 0 Å². The van der Waals surface area contributed by atoms with Gasteiger partial charge in [-0.2, -0.15) is 5.26 Å². The van der Waals surface area contributed by atoms with E-state index in [4.69, 9.17) is 5.26 Å². The van der Waals surface area contributed by atoms with Crippen LogP contribution in [0.2, 0.25) is 0 Å². The molecular formula is C12H12N4S. The number of aromatic nitrogens is 3. The van der Waals surface area contributed by atoms with Crippen molar-refractivity contribution in [2.75, 3.05) is 0 Å². The lowest BCUT2D eigenvalue weighted by Gasteiger charge is -2.00. The third-order valence-corrected chi connectivity index (χ3v) is 3.39. The quantitative estimate of drug-likeness (QED) is 0.832. The number of hydrogen-bond acceptors (Lipinski definition) is 5. The Morgan fingerprint density at radius 3 is 2.82 bits per heavy atom. The van der Waals surface area contributed by atoms with Crippen LogP contribution in [0.4, 0.5) is 0 Å². The summed E-state index contributed by atoms with van der Waals surface area (Å²) in [5, 5.41) is 9.65. The Balaban J connectivity index is 2.44. The molecule has 0 aliphatic carbocycles. The van der Waals surface area contributed by atoms with Crippen molar-refractivity contribution in [1.82, 2.24) is 15.0 Å². The van der Waals surface area contributed by atoms with Gasteiger partial charge in [0, 0.05) is 17.3 Å². The molecule has 0 saturated carbocycles. The van der Waals surface area contributed by atoms with Crippen LogP contribution in [0.3, 0.4) is 0 Å². The Morgan fingerprint density at radius 1 is 1.41 bits per heavy atom. The molecule has 0 saturated heterocycles. The molecule has 5 heteroatoms. The molecule has 0 aliphatic heterocycles. The smallest absolute Gasteiger partial charge is 0.144 e. The van der Waals surface area contributed by atoms with Crippen molar-refractivity contribution in [1.29, 1.82) is 5.26 Å². The van der Waals surface area contributed by atoms with E-state index in [1.807, 2.05) is 0 Å². The Kier molecular flexibility index (Phi) is 3.45. The van der Waals surface area contributed by atoms with Crippen LogP contribution in [0, 0.1) is 11.3 Å². The maximum Gasteiger partial charge on any atom is 0.144 e. The SMILES string of the molecule is CC(C)c1nc(-c2cnccn2)sc1CC#N. The molecule has 2 aromatic heterocycles. The molecule has 0 aliphatic rings. The highest BCUT2D eigenvalue weighted by atomic mass is 32.1. The van der Waals surface area contributed by atoms with E-state index in [-0.39, 0.29) is 0 Å². The van der Waals surface area contributed by atoms with Crippen molar-refractivity contribution in [3.63, 3.8) is 0 Å². The number of nitrogens with zero attached hydrogens (tertiary/aromatic N) is 4. The van der Waals surface area contributed by atoms with Gasteiger partial charge in [0.05, 0.1) is 24.4 Å². The fraction of sp³-hybridized carbons (Fsp3) is 0.333. The Labute approximate surface area is 104 Å². The summed E-state index contributed by atoms with van der Waals surface area (Å²) in [6.45, 7) is 4.16. The molecule has 0 bridgehead atoms. The molecule has 0 N–H and O–H groups in total. The first-order valence-corrected chi connectivity index (χ1v) is 6.17. The van der Waals surface area contributed by atoms with Crippen LogP contribution < -0.4 is 0 Å². The van der Waals surface area contributed by atoms with Gasteiger partial charge < -0.3 is 0 Å². The summed E-state index contributed by atoms with van der Waals surface area (Å²) in [6.07, 6.45) is 5.39. The van der Waals surface area contributed by atoms with Gasteiger partial charge in [-0.15, -0.1) is 11.3 Å². The van der Waals surface area contributed by atoms with Crippen LogP contribution in [-0.2, 0) is 6.42 Å². The molecule has 0 amide bonds. The summed E-state index contributed by atoms with van der Waals surface area (Å²) >= 11 is 1.53. The van der Waals surface area contributed by atoms with E-state index in [1.165, 1.54) is 11.3 Å². The normalized spacial score (nSPS) is 10.5. The highest BCUT2D eigenvalue weighted by Gasteiger charge is 2.15. The molecule has 0 unspecified atom stereocenters. The Hall–Kier alpha value is -1.80. The maximum absolute atomic E-state index is 8.81. The van der Waals surface area contributed by atoms with Crippen molar-refractivity contribution in [3.8, 4) is 16.8 Å². The van der Waals surface area contributed by atoms with Gasteiger partial charge in [-0.25, -0.2) is 4.98 Å². The summed E-state index contributed by atoms with van der Waals surface area (Å²) in [5.41, 5.74) is 1.76. The number of hydrogen-bond donors (Lipinski definition) is 0. The van der Waals surface area contributed by atoms with Crippen molar-refractivity contribution in [2.45, 2.75) is 26.2 Å². The van der Waals surface area contributed by atoms with Crippen molar-refractivity contribution < 1.29 is 0 Å². The third kappa shape index (κ3) is 2.48. The highest BCUT2D eigenvalue weighted by Crippen LogP contribution is 2.30. The lowest BCUT2D eigenvalue weighted by atomic mass is 10.1. The maximum atomic E-state index is 8.81. The van der Waals surface area contributed by atoms with Crippen molar-refractivity contribution >= 4 is 11.3 Å². The minimum absolute atomic E-state index is 0.319. The van der Waals surface area contributed by atoms with E-state index in [0.717, 1.165) is 21.3 Å². The lowest BCUT2D eigenvalue weighted by Crippen LogP contribution is -1.93. The van der Waals surface area contributed by atoms with Gasteiger partial charge in [0.1, 0.15) is 10.7 Å². The van der Waals surface area contributed by atoms with Crippen LogP contribution in [-0.4, -0.2) is 15.0 Å². The zero-order valence-corrected chi connectivity index (χ0v) is 10.5. The summed E-state index contributed by atoms with van der Waals surface area (Å²) in [7, 11) is 0. The van der Waals surface area contributed by atoms with Gasteiger partial charge in [-0.05, 0) is 5.92 Å². The highest BCUT2D eigenvalue weighted by molar-refractivity contribution is 7.15. The molecule has 2 heterocycles. The molecule has 0 spiro atoms.